The van der Waals surface area contributed by atoms with Crippen molar-refractivity contribution in [2.45, 2.75) is 51.3 Å². The van der Waals surface area contributed by atoms with Crippen molar-refractivity contribution in [3.8, 4) is 0 Å². The van der Waals surface area contributed by atoms with E-state index in [-0.39, 0.29) is 0 Å². The minimum absolute atomic E-state index is 0.375. The Labute approximate surface area is 132 Å². The predicted molar refractivity (Wildman–Crippen MR) is 83.5 cm³/mol. The fourth-order valence-corrected chi connectivity index (χ4v) is 3.96. The van der Waals surface area contributed by atoms with Crippen molar-refractivity contribution < 1.29 is 9.47 Å². The average molecular weight is 308 g/mol. The molecule has 1 saturated heterocycles. The SMILES string of the molecule is CCc1nnc(CN2CCOC[C@@H]2[C@H]2CCC[C@H]2OC)n1C. The Morgan fingerprint density at radius 2 is 2.09 bits per heavy atom. The number of rotatable bonds is 5. The van der Waals surface area contributed by atoms with E-state index in [1.165, 1.54) is 19.3 Å². The first-order valence-electron chi connectivity index (χ1n) is 8.46. The van der Waals surface area contributed by atoms with Gasteiger partial charge < -0.3 is 14.0 Å². The fourth-order valence-electron chi connectivity index (χ4n) is 3.96. The molecule has 2 aliphatic rings. The summed E-state index contributed by atoms with van der Waals surface area (Å²) in [5.41, 5.74) is 0. The zero-order valence-electron chi connectivity index (χ0n) is 14.0. The second-order valence-electron chi connectivity index (χ2n) is 6.43. The van der Waals surface area contributed by atoms with Gasteiger partial charge in [0.1, 0.15) is 11.6 Å². The first-order valence-corrected chi connectivity index (χ1v) is 8.46. The summed E-state index contributed by atoms with van der Waals surface area (Å²) in [6.07, 6.45) is 4.97. The molecule has 0 unspecified atom stereocenters. The third-order valence-electron chi connectivity index (χ3n) is 5.30. The highest BCUT2D eigenvalue weighted by atomic mass is 16.5. The normalized spacial score (nSPS) is 30.0. The standard InChI is InChI=1S/C16H28N4O2/c1-4-15-17-18-16(19(15)2)10-20-8-9-22-11-13(20)12-6-5-7-14(12)21-3/h12-14H,4-11H2,1-3H3/t12-,13-,14-/m1/s1. The van der Waals surface area contributed by atoms with Gasteiger partial charge in [0.25, 0.3) is 0 Å². The first-order chi connectivity index (χ1) is 10.7. The van der Waals surface area contributed by atoms with Crippen molar-refractivity contribution >= 4 is 0 Å². The molecule has 6 heteroatoms. The zero-order valence-corrected chi connectivity index (χ0v) is 14.0. The predicted octanol–water partition coefficient (Wildman–Crippen LogP) is 1.39. The summed E-state index contributed by atoms with van der Waals surface area (Å²) >= 11 is 0. The molecule has 0 amide bonds. The molecule has 1 saturated carbocycles. The Morgan fingerprint density at radius 1 is 1.27 bits per heavy atom. The smallest absolute Gasteiger partial charge is 0.146 e. The van der Waals surface area contributed by atoms with Crippen molar-refractivity contribution in [1.82, 2.24) is 19.7 Å². The number of hydrogen-bond acceptors (Lipinski definition) is 5. The minimum atomic E-state index is 0.375. The Hall–Kier alpha value is -0.980. The van der Waals surface area contributed by atoms with Gasteiger partial charge in [-0.1, -0.05) is 13.3 Å². The highest BCUT2D eigenvalue weighted by molar-refractivity contribution is 4.97. The van der Waals surface area contributed by atoms with Crippen LogP contribution in [0, 0.1) is 5.92 Å². The van der Waals surface area contributed by atoms with Gasteiger partial charge in [0.05, 0.1) is 25.9 Å². The summed E-state index contributed by atoms with van der Waals surface area (Å²) in [5.74, 6) is 2.68. The highest BCUT2D eigenvalue weighted by Crippen LogP contribution is 2.34. The van der Waals surface area contributed by atoms with Gasteiger partial charge in [-0.3, -0.25) is 4.90 Å². The summed E-state index contributed by atoms with van der Waals surface area (Å²) in [6, 6.07) is 0.433. The first kappa shape index (κ1) is 15.9. The van der Waals surface area contributed by atoms with Crippen LogP contribution in [-0.4, -0.2) is 58.7 Å². The second-order valence-corrected chi connectivity index (χ2v) is 6.43. The van der Waals surface area contributed by atoms with E-state index in [4.69, 9.17) is 9.47 Å². The molecule has 6 nitrogen and oxygen atoms in total. The Morgan fingerprint density at radius 3 is 2.82 bits per heavy atom. The maximum absolute atomic E-state index is 5.77. The van der Waals surface area contributed by atoms with Crippen LogP contribution >= 0.6 is 0 Å². The molecular weight excluding hydrogens is 280 g/mol. The summed E-state index contributed by atoms with van der Waals surface area (Å²) in [5, 5.41) is 8.66. The molecule has 0 aromatic carbocycles. The molecule has 2 fully saturated rings. The van der Waals surface area contributed by atoms with Crippen LogP contribution in [0.5, 0.6) is 0 Å². The summed E-state index contributed by atoms with van der Waals surface area (Å²) in [7, 11) is 3.91. The van der Waals surface area contributed by atoms with Gasteiger partial charge in [-0.25, -0.2) is 0 Å². The maximum Gasteiger partial charge on any atom is 0.146 e. The number of nitrogens with zero attached hydrogens (tertiary/aromatic N) is 4. The van der Waals surface area contributed by atoms with E-state index in [2.05, 4.69) is 33.6 Å². The van der Waals surface area contributed by atoms with Crippen LogP contribution in [0.2, 0.25) is 0 Å². The molecule has 124 valence electrons. The third-order valence-corrected chi connectivity index (χ3v) is 5.30. The average Bonchev–Trinajstić information content (AvgIpc) is 3.15. The number of methoxy groups -OCH3 is 1. The molecule has 0 spiro atoms. The van der Waals surface area contributed by atoms with Crippen molar-refractivity contribution in [2.24, 2.45) is 13.0 Å². The summed E-state index contributed by atoms with van der Waals surface area (Å²) in [6.45, 7) is 5.55. The van der Waals surface area contributed by atoms with Crippen LogP contribution in [0.25, 0.3) is 0 Å². The minimum Gasteiger partial charge on any atom is -0.381 e. The van der Waals surface area contributed by atoms with Gasteiger partial charge in [-0.2, -0.15) is 0 Å². The number of morpholine rings is 1. The lowest BCUT2D eigenvalue weighted by atomic mass is 9.94. The largest absolute Gasteiger partial charge is 0.381 e. The molecule has 1 aromatic heterocycles. The Bertz CT molecular complexity index is 490. The van der Waals surface area contributed by atoms with Gasteiger partial charge in [-0.05, 0) is 12.8 Å². The number of hydrogen-bond donors (Lipinski definition) is 0. The maximum atomic E-state index is 5.77. The van der Waals surface area contributed by atoms with Crippen LogP contribution in [0.3, 0.4) is 0 Å². The third kappa shape index (κ3) is 3.05. The molecule has 1 aliphatic carbocycles. The molecule has 0 bridgehead atoms. The van der Waals surface area contributed by atoms with E-state index in [1.54, 1.807) is 0 Å². The molecule has 1 aromatic rings. The van der Waals surface area contributed by atoms with Crippen LogP contribution < -0.4 is 0 Å². The van der Waals surface area contributed by atoms with E-state index >= 15 is 0 Å². The van der Waals surface area contributed by atoms with Crippen LogP contribution in [0.4, 0.5) is 0 Å². The van der Waals surface area contributed by atoms with Crippen molar-refractivity contribution in [2.75, 3.05) is 26.9 Å². The topological polar surface area (TPSA) is 52.4 Å². The fraction of sp³-hybridized carbons (Fsp3) is 0.875. The van der Waals surface area contributed by atoms with Crippen LogP contribution in [-0.2, 0) is 29.5 Å². The van der Waals surface area contributed by atoms with Crippen molar-refractivity contribution in [3.05, 3.63) is 11.6 Å². The number of aryl methyl sites for hydroxylation is 1. The van der Waals surface area contributed by atoms with Gasteiger partial charge in [0.2, 0.25) is 0 Å². The quantitative estimate of drug-likeness (QED) is 0.823. The van der Waals surface area contributed by atoms with Crippen LogP contribution in [0.15, 0.2) is 0 Å². The zero-order chi connectivity index (χ0) is 15.5. The Kier molecular flexibility index (Phi) is 5.10. The molecule has 1 aliphatic heterocycles. The lowest BCUT2D eigenvalue weighted by Crippen LogP contribution is -2.51. The molecule has 2 heterocycles. The van der Waals surface area contributed by atoms with Gasteiger partial charge >= 0.3 is 0 Å². The summed E-state index contributed by atoms with van der Waals surface area (Å²) < 4.78 is 13.6. The second kappa shape index (κ2) is 7.06. The Balaban J connectivity index is 1.73. The van der Waals surface area contributed by atoms with Gasteiger partial charge in [0, 0.05) is 39.1 Å². The monoisotopic (exact) mass is 308 g/mol. The van der Waals surface area contributed by atoms with E-state index < -0.39 is 0 Å². The number of ether oxygens (including phenoxy) is 2. The van der Waals surface area contributed by atoms with E-state index in [0.29, 0.717) is 18.1 Å². The molecule has 22 heavy (non-hydrogen) atoms. The lowest BCUT2D eigenvalue weighted by Gasteiger charge is -2.40. The molecule has 0 N–H and O–H groups in total. The van der Waals surface area contributed by atoms with E-state index in [1.807, 2.05) is 7.11 Å². The molecule has 3 atom stereocenters. The van der Waals surface area contributed by atoms with Gasteiger partial charge in [0.15, 0.2) is 0 Å². The molecule has 0 radical (unpaired) electrons. The lowest BCUT2D eigenvalue weighted by molar-refractivity contribution is -0.0618. The highest BCUT2D eigenvalue weighted by Gasteiger charge is 2.38. The van der Waals surface area contributed by atoms with E-state index in [0.717, 1.165) is 44.4 Å². The van der Waals surface area contributed by atoms with E-state index in [9.17, 15) is 0 Å². The van der Waals surface area contributed by atoms with Gasteiger partial charge in [-0.15, -0.1) is 10.2 Å². The van der Waals surface area contributed by atoms with Crippen molar-refractivity contribution in [1.29, 1.82) is 0 Å². The van der Waals surface area contributed by atoms with Crippen molar-refractivity contribution in [3.63, 3.8) is 0 Å². The summed E-state index contributed by atoms with van der Waals surface area (Å²) in [4.78, 5) is 2.52. The number of aromatic nitrogens is 3. The van der Waals surface area contributed by atoms with Crippen LogP contribution in [0.1, 0.15) is 37.8 Å². The molecule has 3 rings (SSSR count). The molecular formula is C16H28N4O2.